The lowest BCUT2D eigenvalue weighted by atomic mass is 10.0. The van der Waals surface area contributed by atoms with Crippen molar-refractivity contribution in [2.45, 2.75) is 32.9 Å². The van der Waals surface area contributed by atoms with Crippen molar-refractivity contribution in [3.8, 4) is 0 Å². The molecule has 130 valence electrons. The number of para-hydroxylation sites is 2. The lowest BCUT2D eigenvalue weighted by Crippen LogP contribution is -2.37. The molecule has 1 atom stereocenters. The SMILES string of the molecule is Cc1ccccc1C(C)NC(=O)NCCCn1cnc2ccccc21. The van der Waals surface area contributed by atoms with Crippen LogP contribution in [0.25, 0.3) is 11.0 Å². The van der Waals surface area contributed by atoms with Crippen LogP contribution in [0.3, 0.4) is 0 Å². The molecule has 1 aromatic heterocycles. The van der Waals surface area contributed by atoms with E-state index in [1.807, 2.05) is 49.6 Å². The second kappa shape index (κ2) is 7.83. The lowest BCUT2D eigenvalue weighted by Gasteiger charge is -2.17. The summed E-state index contributed by atoms with van der Waals surface area (Å²) in [5, 5.41) is 5.92. The molecule has 0 radical (unpaired) electrons. The number of amides is 2. The molecule has 1 heterocycles. The number of benzene rings is 2. The number of aryl methyl sites for hydroxylation is 2. The zero-order valence-corrected chi connectivity index (χ0v) is 14.7. The normalized spacial score (nSPS) is 12.1. The Labute approximate surface area is 148 Å². The summed E-state index contributed by atoms with van der Waals surface area (Å²) in [4.78, 5) is 16.4. The van der Waals surface area contributed by atoms with Gasteiger partial charge < -0.3 is 15.2 Å². The maximum Gasteiger partial charge on any atom is 0.315 e. The first-order chi connectivity index (χ1) is 12.1. The molecule has 2 N–H and O–H groups in total. The highest BCUT2D eigenvalue weighted by molar-refractivity contribution is 5.75. The summed E-state index contributed by atoms with van der Waals surface area (Å²) in [6.45, 7) is 5.51. The minimum atomic E-state index is -0.133. The van der Waals surface area contributed by atoms with Gasteiger partial charge in [-0.05, 0) is 43.5 Å². The van der Waals surface area contributed by atoms with Crippen molar-refractivity contribution in [1.29, 1.82) is 0 Å². The fourth-order valence-electron chi connectivity index (χ4n) is 3.04. The average Bonchev–Trinajstić information content (AvgIpc) is 3.02. The van der Waals surface area contributed by atoms with E-state index in [4.69, 9.17) is 0 Å². The molecule has 2 aromatic carbocycles. The van der Waals surface area contributed by atoms with Crippen molar-refractivity contribution in [2.24, 2.45) is 0 Å². The predicted molar refractivity (Wildman–Crippen MR) is 100 cm³/mol. The minimum absolute atomic E-state index is 0.0150. The van der Waals surface area contributed by atoms with E-state index in [-0.39, 0.29) is 12.1 Å². The fraction of sp³-hybridized carbons (Fsp3) is 0.300. The summed E-state index contributed by atoms with van der Waals surface area (Å²) in [6, 6.07) is 16.0. The molecule has 0 saturated carbocycles. The molecule has 2 amide bonds. The molecule has 0 fully saturated rings. The van der Waals surface area contributed by atoms with Gasteiger partial charge in [0.15, 0.2) is 0 Å². The molecule has 3 aromatic rings. The van der Waals surface area contributed by atoms with E-state index in [9.17, 15) is 4.79 Å². The van der Waals surface area contributed by atoms with Crippen LogP contribution >= 0.6 is 0 Å². The molecule has 25 heavy (non-hydrogen) atoms. The smallest absolute Gasteiger partial charge is 0.315 e. The number of nitrogens with one attached hydrogen (secondary N) is 2. The Balaban J connectivity index is 1.44. The summed E-state index contributed by atoms with van der Waals surface area (Å²) < 4.78 is 2.12. The highest BCUT2D eigenvalue weighted by Gasteiger charge is 2.10. The van der Waals surface area contributed by atoms with Crippen LogP contribution in [-0.2, 0) is 6.54 Å². The molecule has 0 aliphatic heterocycles. The molecule has 1 unspecified atom stereocenters. The molecule has 0 bridgehead atoms. The number of urea groups is 1. The minimum Gasteiger partial charge on any atom is -0.338 e. The summed E-state index contributed by atoms with van der Waals surface area (Å²) >= 11 is 0. The van der Waals surface area contributed by atoms with E-state index in [2.05, 4.69) is 39.2 Å². The van der Waals surface area contributed by atoms with Gasteiger partial charge in [0.2, 0.25) is 0 Å². The van der Waals surface area contributed by atoms with E-state index in [1.165, 1.54) is 5.56 Å². The van der Waals surface area contributed by atoms with Gasteiger partial charge in [0.05, 0.1) is 23.4 Å². The van der Waals surface area contributed by atoms with Gasteiger partial charge >= 0.3 is 6.03 Å². The van der Waals surface area contributed by atoms with Crippen LogP contribution in [0.4, 0.5) is 4.79 Å². The third-order valence-corrected chi connectivity index (χ3v) is 4.39. The molecular formula is C20H24N4O. The molecular weight excluding hydrogens is 312 g/mol. The van der Waals surface area contributed by atoms with E-state index in [0.29, 0.717) is 6.54 Å². The number of hydrogen-bond acceptors (Lipinski definition) is 2. The van der Waals surface area contributed by atoms with E-state index in [0.717, 1.165) is 29.6 Å². The van der Waals surface area contributed by atoms with Crippen molar-refractivity contribution >= 4 is 17.1 Å². The van der Waals surface area contributed by atoms with Gasteiger partial charge in [-0.1, -0.05) is 36.4 Å². The summed E-state index contributed by atoms with van der Waals surface area (Å²) in [5.41, 5.74) is 4.45. The number of carbonyl (C=O) groups is 1. The summed E-state index contributed by atoms with van der Waals surface area (Å²) in [5.74, 6) is 0. The Bertz CT molecular complexity index is 856. The summed E-state index contributed by atoms with van der Waals surface area (Å²) in [6.07, 6.45) is 2.71. The Morgan fingerprint density at radius 1 is 1.16 bits per heavy atom. The van der Waals surface area contributed by atoms with Gasteiger partial charge in [-0.25, -0.2) is 9.78 Å². The monoisotopic (exact) mass is 336 g/mol. The molecule has 5 heteroatoms. The Kier molecular flexibility index (Phi) is 5.33. The number of nitrogens with zero attached hydrogens (tertiary/aromatic N) is 2. The first-order valence-corrected chi connectivity index (χ1v) is 8.65. The molecule has 0 aliphatic rings. The van der Waals surface area contributed by atoms with Crippen LogP contribution < -0.4 is 10.6 Å². The van der Waals surface area contributed by atoms with Crippen molar-refractivity contribution in [2.75, 3.05) is 6.54 Å². The van der Waals surface area contributed by atoms with Crippen LogP contribution in [0, 0.1) is 6.92 Å². The van der Waals surface area contributed by atoms with Gasteiger partial charge in [-0.3, -0.25) is 0 Å². The van der Waals surface area contributed by atoms with E-state index < -0.39 is 0 Å². The quantitative estimate of drug-likeness (QED) is 0.673. The topological polar surface area (TPSA) is 59.0 Å². The van der Waals surface area contributed by atoms with E-state index in [1.54, 1.807) is 0 Å². The number of aromatic nitrogens is 2. The number of carbonyl (C=O) groups excluding carboxylic acids is 1. The second-order valence-corrected chi connectivity index (χ2v) is 6.26. The number of fused-ring (bicyclic) bond motifs is 1. The lowest BCUT2D eigenvalue weighted by molar-refractivity contribution is 0.237. The molecule has 0 aliphatic carbocycles. The third kappa shape index (κ3) is 4.18. The zero-order valence-electron chi connectivity index (χ0n) is 14.7. The van der Waals surface area contributed by atoms with Crippen LogP contribution in [0.2, 0.25) is 0 Å². The fourth-order valence-corrected chi connectivity index (χ4v) is 3.04. The first-order valence-electron chi connectivity index (χ1n) is 8.65. The second-order valence-electron chi connectivity index (χ2n) is 6.26. The van der Waals surface area contributed by atoms with Crippen molar-refractivity contribution < 1.29 is 4.79 Å². The average molecular weight is 336 g/mol. The molecule has 5 nitrogen and oxygen atoms in total. The first kappa shape index (κ1) is 17.0. The molecule has 3 rings (SSSR count). The Morgan fingerprint density at radius 3 is 2.76 bits per heavy atom. The largest absolute Gasteiger partial charge is 0.338 e. The van der Waals surface area contributed by atoms with E-state index >= 15 is 0 Å². The van der Waals surface area contributed by atoms with Crippen molar-refractivity contribution in [3.63, 3.8) is 0 Å². The Morgan fingerprint density at radius 2 is 1.92 bits per heavy atom. The highest BCUT2D eigenvalue weighted by atomic mass is 16.2. The van der Waals surface area contributed by atoms with Crippen LogP contribution in [0.15, 0.2) is 54.9 Å². The number of rotatable bonds is 6. The molecule has 0 saturated heterocycles. The summed E-state index contributed by atoms with van der Waals surface area (Å²) in [7, 11) is 0. The molecule has 0 spiro atoms. The van der Waals surface area contributed by atoms with Crippen LogP contribution in [0.5, 0.6) is 0 Å². The third-order valence-electron chi connectivity index (χ3n) is 4.39. The van der Waals surface area contributed by atoms with Gasteiger partial charge in [0.25, 0.3) is 0 Å². The Hall–Kier alpha value is -2.82. The highest BCUT2D eigenvalue weighted by Crippen LogP contribution is 2.16. The zero-order chi connectivity index (χ0) is 17.6. The van der Waals surface area contributed by atoms with Gasteiger partial charge in [0, 0.05) is 13.1 Å². The van der Waals surface area contributed by atoms with Gasteiger partial charge in [-0.2, -0.15) is 0 Å². The predicted octanol–water partition coefficient (Wildman–Crippen LogP) is 3.80. The van der Waals surface area contributed by atoms with Gasteiger partial charge in [-0.15, -0.1) is 0 Å². The maximum atomic E-state index is 12.1. The number of imidazole rings is 1. The standard InChI is InChI=1S/C20H24N4O/c1-15-8-3-4-9-17(15)16(2)23-20(25)21-12-7-13-24-14-22-18-10-5-6-11-19(18)24/h3-6,8-11,14,16H,7,12-13H2,1-2H3,(H2,21,23,25). The van der Waals surface area contributed by atoms with Gasteiger partial charge in [0.1, 0.15) is 0 Å². The van der Waals surface area contributed by atoms with Crippen LogP contribution in [-0.4, -0.2) is 22.1 Å². The van der Waals surface area contributed by atoms with Crippen LogP contribution in [0.1, 0.15) is 30.5 Å². The number of hydrogen-bond donors (Lipinski definition) is 2. The maximum absolute atomic E-state index is 12.1. The van der Waals surface area contributed by atoms with Crippen molar-refractivity contribution in [3.05, 3.63) is 66.0 Å². The van der Waals surface area contributed by atoms with Crippen molar-refractivity contribution in [1.82, 2.24) is 20.2 Å².